The van der Waals surface area contributed by atoms with E-state index in [1.165, 1.54) is 0 Å². The van der Waals surface area contributed by atoms with E-state index in [0.29, 0.717) is 0 Å². The Bertz CT molecular complexity index is 546. The summed E-state index contributed by atoms with van der Waals surface area (Å²) in [4.78, 5) is 19.1. The maximum Gasteiger partial charge on any atom is 0.300 e. The van der Waals surface area contributed by atoms with Crippen LogP contribution in [0.15, 0.2) is 30.3 Å². The number of benzene rings is 1. The van der Waals surface area contributed by atoms with Crippen LogP contribution in [-0.4, -0.2) is 35.2 Å². The lowest BCUT2D eigenvalue weighted by Gasteiger charge is -2.17. The molecule has 1 amide bonds. The van der Waals surface area contributed by atoms with E-state index in [4.69, 9.17) is 15.6 Å². The number of carbonyl (C=O) groups is 2. The normalized spacial score (nSPS) is 12.6. The predicted molar refractivity (Wildman–Crippen MR) is 99.7 cm³/mol. The van der Waals surface area contributed by atoms with Gasteiger partial charge in [-0.05, 0) is 31.9 Å². The van der Waals surface area contributed by atoms with Crippen molar-refractivity contribution in [2.24, 2.45) is 11.7 Å². The maximum absolute atomic E-state index is 10.1. The number of amides is 1. The van der Waals surface area contributed by atoms with Gasteiger partial charge in [0.15, 0.2) is 0 Å². The molecule has 0 fully saturated rings. The number of nitrogens with two attached hydrogens (primary N) is 1. The number of carbonyl (C=O) groups excluding carboxylic acids is 1. The SMILES string of the molecule is CC(=O)O.CCC(C)C#CC(N)=O.CN[C@@H](C)[C@@H](O)c1ccccc1. The molecule has 1 aromatic carbocycles. The Balaban J connectivity index is 0. The fourth-order valence-corrected chi connectivity index (χ4v) is 1.39. The molecule has 0 radical (unpaired) electrons. The van der Waals surface area contributed by atoms with E-state index < -0.39 is 18.0 Å². The van der Waals surface area contributed by atoms with Crippen LogP contribution in [0.25, 0.3) is 0 Å². The Morgan fingerprint density at radius 1 is 1.24 bits per heavy atom. The van der Waals surface area contributed by atoms with Crippen LogP contribution in [0.3, 0.4) is 0 Å². The fraction of sp³-hybridized carbons (Fsp3) is 0.474. The Hall–Kier alpha value is -2.36. The van der Waals surface area contributed by atoms with Crippen LogP contribution in [0.2, 0.25) is 0 Å². The van der Waals surface area contributed by atoms with E-state index in [0.717, 1.165) is 18.9 Å². The minimum atomic E-state index is -0.833. The molecular formula is C19H30N2O4. The lowest BCUT2D eigenvalue weighted by atomic mass is 10.0. The number of carboxylic acid groups (broad SMARTS) is 1. The summed E-state index contributed by atoms with van der Waals surface area (Å²) in [5.41, 5.74) is 5.74. The largest absolute Gasteiger partial charge is 0.481 e. The van der Waals surface area contributed by atoms with Gasteiger partial charge in [-0.1, -0.05) is 50.1 Å². The third-order valence-electron chi connectivity index (χ3n) is 3.12. The molecular weight excluding hydrogens is 320 g/mol. The second kappa shape index (κ2) is 15.2. The lowest BCUT2D eigenvalue weighted by Crippen LogP contribution is -2.28. The van der Waals surface area contributed by atoms with E-state index >= 15 is 0 Å². The highest BCUT2D eigenvalue weighted by Crippen LogP contribution is 2.15. The van der Waals surface area contributed by atoms with Crippen molar-refractivity contribution in [2.75, 3.05) is 7.05 Å². The van der Waals surface area contributed by atoms with E-state index in [9.17, 15) is 9.90 Å². The molecule has 5 N–H and O–H groups in total. The Morgan fingerprint density at radius 2 is 1.72 bits per heavy atom. The number of aliphatic hydroxyl groups is 1. The number of hydrogen-bond donors (Lipinski definition) is 4. The summed E-state index contributed by atoms with van der Waals surface area (Å²) in [6.45, 7) is 7.01. The predicted octanol–water partition coefficient (Wildman–Crippen LogP) is 1.94. The minimum Gasteiger partial charge on any atom is -0.481 e. The van der Waals surface area contributed by atoms with Gasteiger partial charge in [0.25, 0.3) is 11.9 Å². The molecule has 0 aromatic heterocycles. The fourth-order valence-electron chi connectivity index (χ4n) is 1.39. The zero-order valence-electron chi connectivity index (χ0n) is 15.6. The number of primary amides is 1. The highest BCUT2D eigenvalue weighted by atomic mass is 16.4. The first kappa shape index (κ1) is 24.9. The number of likely N-dealkylation sites (N-methyl/N-ethyl adjacent to an activating group) is 1. The van der Waals surface area contributed by atoms with Crippen molar-refractivity contribution >= 4 is 11.9 Å². The minimum absolute atomic E-state index is 0.0902. The van der Waals surface area contributed by atoms with Gasteiger partial charge in [0.1, 0.15) is 0 Å². The van der Waals surface area contributed by atoms with Crippen molar-refractivity contribution < 1.29 is 19.8 Å². The number of aliphatic carboxylic acids is 1. The molecule has 0 aliphatic rings. The van der Waals surface area contributed by atoms with Crippen molar-refractivity contribution in [1.29, 1.82) is 0 Å². The van der Waals surface area contributed by atoms with Crippen molar-refractivity contribution in [2.45, 2.75) is 46.3 Å². The molecule has 0 aliphatic carbocycles. The molecule has 6 heteroatoms. The molecule has 6 nitrogen and oxygen atoms in total. The first-order valence-electron chi connectivity index (χ1n) is 8.06. The molecule has 0 saturated heterocycles. The number of carboxylic acids is 1. The number of hydrogen-bond acceptors (Lipinski definition) is 4. The van der Waals surface area contributed by atoms with Crippen molar-refractivity contribution in [3.8, 4) is 11.8 Å². The molecule has 0 spiro atoms. The van der Waals surface area contributed by atoms with Crippen LogP contribution in [0, 0.1) is 17.8 Å². The van der Waals surface area contributed by atoms with Gasteiger partial charge < -0.3 is 21.3 Å². The van der Waals surface area contributed by atoms with Crippen LogP contribution in [0.1, 0.15) is 45.8 Å². The third kappa shape index (κ3) is 16.3. The first-order valence-corrected chi connectivity index (χ1v) is 8.06. The van der Waals surface area contributed by atoms with Crippen LogP contribution in [0.5, 0.6) is 0 Å². The summed E-state index contributed by atoms with van der Waals surface area (Å²) in [5, 5.41) is 20.2. The van der Waals surface area contributed by atoms with Gasteiger partial charge in [0.2, 0.25) is 0 Å². The summed E-state index contributed by atoms with van der Waals surface area (Å²) in [5.74, 6) is 3.89. The van der Waals surface area contributed by atoms with Gasteiger partial charge in [0, 0.05) is 18.9 Å². The Kier molecular flexibility index (Phi) is 15.1. The van der Waals surface area contributed by atoms with Gasteiger partial charge in [-0.3, -0.25) is 9.59 Å². The Morgan fingerprint density at radius 3 is 2.08 bits per heavy atom. The van der Waals surface area contributed by atoms with Crippen molar-refractivity contribution in [1.82, 2.24) is 5.32 Å². The average molecular weight is 350 g/mol. The Labute approximate surface area is 150 Å². The summed E-state index contributed by atoms with van der Waals surface area (Å²) in [7, 11) is 1.84. The molecule has 0 aliphatic heterocycles. The molecule has 3 atom stereocenters. The highest BCUT2D eigenvalue weighted by Gasteiger charge is 2.12. The quantitative estimate of drug-likeness (QED) is 0.620. The standard InChI is InChI=1S/C10H15NO.C7H11NO.C2H4O2/c1-8(11-2)10(12)9-6-4-3-5-7-9;1-3-6(2)4-5-7(8)9;1-2(3)4/h3-8,10-12H,1-2H3;6H,3H2,1-2H3,(H2,8,9);1H3,(H,3,4)/t8-,10+;;/m0../s1. The molecule has 0 bridgehead atoms. The second-order valence-electron chi connectivity index (χ2n) is 5.39. The zero-order chi connectivity index (χ0) is 19.8. The third-order valence-corrected chi connectivity index (χ3v) is 3.12. The number of rotatable bonds is 4. The summed E-state index contributed by atoms with van der Waals surface area (Å²) < 4.78 is 0. The molecule has 0 saturated carbocycles. The molecule has 1 rings (SSSR count). The second-order valence-corrected chi connectivity index (χ2v) is 5.39. The van der Waals surface area contributed by atoms with Crippen LogP contribution < -0.4 is 11.1 Å². The van der Waals surface area contributed by atoms with E-state index in [1.54, 1.807) is 0 Å². The summed E-state index contributed by atoms with van der Waals surface area (Å²) >= 11 is 0. The van der Waals surface area contributed by atoms with Crippen molar-refractivity contribution in [3.05, 3.63) is 35.9 Å². The van der Waals surface area contributed by atoms with Crippen LogP contribution >= 0.6 is 0 Å². The molecule has 1 unspecified atom stereocenters. The van der Waals surface area contributed by atoms with E-state index in [-0.39, 0.29) is 12.0 Å². The lowest BCUT2D eigenvalue weighted by molar-refractivity contribution is -0.134. The number of nitrogens with one attached hydrogen (secondary N) is 1. The van der Waals surface area contributed by atoms with Gasteiger partial charge in [-0.2, -0.15) is 0 Å². The van der Waals surface area contributed by atoms with E-state index in [1.807, 2.05) is 58.2 Å². The van der Waals surface area contributed by atoms with Gasteiger partial charge in [0.05, 0.1) is 6.10 Å². The molecule has 0 heterocycles. The molecule has 140 valence electrons. The summed E-state index contributed by atoms with van der Waals surface area (Å²) in [6, 6.07) is 9.76. The first-order chi connectivity index (χ1) is 11.6. The summed E-state index contributed by atoms with van der Waals surface area (Å²) in [6.07, 6.45) is 0.538. The topological polar surface area (TPSA) is 113 Å². The van der Waals surface area contributed by atoms with Gasteiger partial charge in [-0.15, -0.1) is 0 Å². The van der Waals surface area contributed by atoms with Gasteiger partial charge >= 0.3 is 0 Å². The number of aliphatic hydroxyl groups excluding tert-OH is 1. The average Bonchev–Trinajstić information content (AvgIpc) is 2.59. The van der Waals surface area contributed by atoms with Crippen LogP contribution in [-0.2, 0) is 9.59 Å². The zero-order valence-corrected chi connectivity index (χ0v) is 15.6. The van der Waals surface area contributed by atoms with E-state index in [2.05, 4.69) is 17.2 Å². The smallest absolute Gasteiger partial charge is 0.300 e. The van der Waals surface area contributed by atoms with Crippen LogP contribution in [0.4, 0.5) is 0 Å². The monoisotopic (exact) mass is 350 g/mol. The maximum atomic E-state index is 10.1. The van der Waals surface area contributed by atoms with Gasteiger partial charge in [-0.25, -0.2) is 0 Å². The van der Waals surface area contributed by atoms with Crippen molar-refractivity contribution in [3.63, 3.8) is 0 Å². The highest BCUT2D eigenvalue weighted by molar-refractivity contribution is 5.91. The molecule has 25 heavy (non-hydrogen) atoms. The molecule has 1 aromatic rings.